The van der Waals surface area contributed by atoms with E-state index in [1.165, 1.54) is 12.2 Å². The highest BCUT2D eigenvalue weighted by atomic mass is 35.5. The number of hydrogen-bond donors (Lipinski definition) is 4. The van der Waals surface area contributed by atoms with Gasteiger partial charge in [0, 0.05) is 10.6 Å². The molecule has 1 aliphatic carbocycles. The summed E-state index contributed by atoms with van der Waals surface area (Å²) in [5.74, 6) is 0.143. The molecule has 3 aromatic carbocycles. The van der Waals surface area contributed by atoms with Crippen molar-refractivity contribution in [1.82, 2.24) is 0 Å². The van der Waals surface area contributed by atoms with Crippen LogP contribution in [0.5, 0.6) is 5.75 Å². The first kappa shape index (κ1) is 21.1. The maximum absolute atomic E-state index is 10.3. The summed E-state index contributed by atoms with van der Waals surface area (Å²) in [7, 11) is 0. The van der Waals surface area contributed by atoms with Gasteiger partial charge in [-0.2, -0.15) is 0 Å². The summed E-state index contributed by atoms with van der Waals surface area (Å²) in [5, 5.41) is 25.0. The molecule has 1 aliphatic rings. The number of rotatable bonds is 2. The molecule has 0 amide bonds. The van der Waals surface area contributed by atoms with Gasteiger partial charge in [0.1, 0.15) is 5.75 Å². The van der Waals surface area contributed by atoms with Crippen molar-refractivity contribution in [2.45, 2.75) is 6.92 Å². The number of nitrogens with one attached hydrogen (secondary N) is 2. The molecule has 0 atom stereocenters. The van der Waals surface area contributed by atoms with Crippen LogP contribution in [0.1, 0.15) is 5.56 Å². The van der Waals surface area contributed by atoms with Crippen LogP contribution in [0.15, 0.2) is 90.0 Å². The fourth-order valence-corrected chi connectivity index (χ4v) is 3.29. The summed E-state index contributed by atoms with van der Waals surface area (Å²) < 4.78 is 0. The van der Waals surface area contributed by atoms with Gasteiger partial charge < -0.3 is 10.8 Å². The molecule has 4 nitrogen and oxygen atoms in total. The van der Waals surface area contributed by atoms with Gasteiger partial charge in [-0.1, -0.05) is 66.2 Å². The van der Waals surface area contributed by atoms with E-state index in [4.69, 9.17) is 28.2 Å². The molecular weight excluding hydrogens is 394 g/mol. The van der Waals surface area contributed by atoms with Gasteiger partial charge in [0.25, 0.3) is 0 Å². The first-order valence-corrected chi connectivity index (χ1v) is 9.71. The fraction of sp³-hybridized carbons (Fsp3) is 0.0400. The third kappa shape index (κ3) is 4.85. The van der Waals surface area contributed by atoms with Crippen LogP contribution < -0.4 is 5.73 Å². The number of halogens is 1. The predicted molar refractivity (Wildman–Crippen MR) is 127 cm³/mol. The molecule has 0 saturated heterocycles. The Hall–Kier alpha value is -3.63. The van der Waals surface area contributed by atoms with E-state index in [2.05, 4.69) is 18.2 Å². The summed E-state index contributed by atoms with van der Waals surface area (Å²) in [5.41, 5.74) is 11.7. The first-order chi connectivity index (χ1) is 14.4. The zero-order valence-electron chi connectivity index (χ0n) is 16.5. The molecule has 4 rings (SSSR count). The molecule has 0 aliphatic heterocycles. The van der Waals surface area contributed by atoms with Crippen LogP contribution in [0, 0.1) is 17.7 Å². The normalized spacial score (nSPS) is 12.8. The number of allylic oxidation sites excluding steroid dienone is 4. The Morgan fingerprint density at radius 1 is 0.800 bits per heavy atom. The minimum atomic E-state index is 0.143. The van der Waals surface area contributed by atoms with Crippen molar-refractivity contribution in [3.63, 3.8) is 0 Å². The molecular formula is C25H22ClN3O. The van der Waals surface area contributed by atoms with E-state index in [1.807, 2.05) is 49.4 Å². The summed E-state index contributed by atoms with van der Waals surface area (Å²) in [6, 6.07) is 21.9. The maximum Gasteiger partial charge on any atom is 0.146 e. The molecule has 3 aromatic rings. The van der Waals surface area contributed by atoms with Gasteiger partial charge in [-0.05, 0) is 59.5 Å². The second-order valence-electron chi connectivity index (χ2n) is 6.85. The number of hydrogen-bond acceptors (Lipinski definition) is 4. The van der Waals surface area contributed by atoms with Gasteiger partial charge in [-0.25, -0.2) is 0 Å². The van der Waals surface area contributed by atoms with Crippen molar-refractivity contribution in [2.75, 3.05) is 5.73 Å². The second kappa shape index (κ2) is 9.25. The lowest BCUT2D eigenvalue weighted by Gasteiger charge is -2.13. The average molecular weight is 416 g/mol. The summed E-state index contributed by atoms with van der Waals surface area (Å²) in [4.78, 5) is 0. The maximum atomic E-state index is 10.3. The van der Waals surface area contributed by atoms with Crippen molar-refractivity contribution in [3.05, 3.63) is 95.6 Å². The molecule has 0 radical (unpaired) electrons. The third-order valence-corrected chi connectivity index (χ3v) is 4.80. The lowest BCUT2D eigenvalue weighted by molar-refractivity contribution is 0.480. The largest absolute Gasteiger partial charge is 0.505 e. The van der Waals surface area contributed by atoms with Gasteiger partial charge >= 0.3 is 0 Å². The van der Waals surface area contributed by atoms with Gasteiger partial charge in [-0.15, -0.1) is 0 Å². The zero-order chi connectivity index (χ0) is 21.7. The van der Waals surface area contributed by atoms with Crippen molar-refractivity contribution >= 4 is 28.7 Å². The van der Waals surface area contributed by atoms with Crippen LogP contribution in [0.4, 0.5) is 5.69 Å². The topological polar surface area (TPSA) is 93.9 Å². The number of nitrogen functional groups attached to an aromatic ring is 1. The van der Waals surface area contributed by atoms with Gasteiger partial charge in [0.15, 0.2) is 0 Å². The molecule has 0 aromatic heterocycles. The Kier molecular flexibility index (Phi) is 6.50. The predicted octanol–water partition coefficient (Wildman–Crippen LogP) is 6.34. The Balaban J connectivity index is 0.000000239. The Bertz CT molecular complexity index is 1160. The molecule has 5 N–H and O–H groups in total. The van der Waals surface area contributed by atoms with Crippen LogP contribution in [0.3, 0.4) is 0 Å². The van der Waals surface area contributed by atoms with Crippen LogP contribution >= 0.6 is 11.6 Å². The lowest BCUT2D eigenvalue weighted by Crippen LogP contribution is -2.08. The number of anilines is 1. The minimum absolute atomic E-state index is 0.143. The highest BCUT2D eigenvalue weighted by molar-refractivity contribution is 6.51. The molecule has 0 fully saturated rings. The van der Waals surface area contributed by atoms with Crippen molar-refractivity contribution in [2.24, 2.45) is 0 Å². The fourth-order valence-electron chi connectivity index (χ4n) is 3.12. The van der Waals surface area contributed by atoms with Gasteiger partial charge in [-0.3, -0.25) is 10.8 Å². The van der Waals surface area contributed by atoms with Crippen molar-refractivity contribution in [1.29, 1.82) is 10.8 Å². The zero-order valence-corrected chi connectivity index (χ0v) is 17.2. The summed E-state index contributed by atoms with van der Waals surface area (Å²) >= 11 is 5.51. The van der Waals surface area contributed by atoms with Crippen molar-refractivity contribution in [3.8, 4) is 28.0 Å². The number of benzene rings is 3. The van der Waals surface area contributed by atoms with E-state index >= 15 is 0 Å². The number of aryl methyl sites for hydroxylation is 1. The first-order valence-electron chi connectivity index (χ1n) is 9.33. The SMILES string of the molecule is Cc1cc(N)c(O)c(-c2ccccc2-c2ccccc2)c1.N=C1C=CC(Cl)=CC1=N. The van der Waals surface area contributed by atoms with E-state index in [1.54, 1.807) is 12.1 Å². The summed E-state index contributed by atoms with van der Waals surface area (Å²) in [6.45, 7) is 1.98. The number of phenolic OH excluding ortho intramolecular Hbond substituents is 1. The third-order valence-electron chi connectivity index (χ3n) is 4.57. The molecule has 150 valence electrons. The minimum Gasteiger partial charge on any atom is -0.505 e. The number of aromatic hydroxyl groups is 1. The molecule has 0 heterocycles. The van der Waals surface area contributed by atoms with Gasteiger partial charge in [0.05, 0.1) is 17.1 Å². The smallest absolute Gasteiger partial charge is 0.146 e. The molecule has 0 unspecified atom stereocenters. The Morgan fingerprint density at radius 2 is 1.43 bits per heavy atom. The highest BCUT2D eigenvalue weighted by Gasteiger charge is 2.13. The monoisotopic (exact) mass is 415 g/mol. The van der Waals surface area contributed by atoms with E-state index in [9.17, 15) is 5.11 Å². The van der Waals surface area contributed by atoms with Crippen molar-refractivity contribution < 1.29 is 5.11 Å². The van der Waals surface area contributed by atoms with E-state index in [-0.39, 0.29) is 17.2 Å². The molecule has 5 heteroatoms. The molecule has 0 saturated carbocycles. The highest BCUT2D eigenvalue weighted by Crippen LogP contribution is 2.40. The van der Waals surface area contributed by atoms with Gasteiger partial charge in [0.2, 0.25) is 0 Å². The average Bonchev–Trinajstić information content (AvgIpc) is 2.75. The lowest BCUT2D eigenvalue weighted by atomic mass is 9.93. The molecule has 0 spiro atoms. The second-order valence-corrected chi connectivity index (χ2v) is 7.29. The Morgan fingerprint density at radius 3 is 2.07 bits per heavy atom. The van der Waals surface area contributed by atoms with Crippen LogP contribution in [-0.4, -0.2) is 16.5 Å². The molecule has 30 heavy (non-hydrogen) atoms. The Labute approximate surface area is 181 Å². The van der Waals surface area contributed by atoms with Crippen LogP contribution in [0.25, 0.3) is 22.3 Å². The molecule has 0 bridgehead atoms. The van der Waals surface area contributed by atoms with E-state index in [0.717, 1.165) is 27.8 Å². The number of nitrogens with two attached hydrogens (primary N) is 1. The standard InChI is InChI=1S/C19H17NO.C6H5ClN2/c1-13-11-17(19(21)18(20)12-13)16-10-6-5-9-15(16)14-7-3-2-4-8-14;7-4-1-2-5(8)6(9)3-4/h2-12,21H,20H2,1H3;1-3,8-9H. The van der Waals surface area contributed by atoms with E-state index < -0.39 is 0 Å². The van der Waals surface area contributed by atoms with E-state index in [0.29, 0.717) is 10.7 Å². The number of phenols is 1. The quantitative estimate of drug-likeness (QED) is 0.223. The van der Waals surface area contributed by atoms with Crippen LogP contribution in [0.2, 0.25) is 0 Å². The van der Waals surface area contributed by atoms with Crippen LogP contribution in [-0.2, 0) is 0 Å². The summed E-state index contributed by atoms with van der Waals surface area (Å²) in [6.07, 6.45) is 4.55.